The van der Waals surface area contributed by atoms with E-state index in [1.54, 1.807) is 0 Å². The molecule has 104 valence electrons. The highest BCUT2D eigenvalue weighted by Gasteiger charge is 2.48. The lowest BCUT2D eigenvalue weighted by Gasteiger charge is -2.31. The average Bonchev–Trinajstić information content (AvgIpc) is 2.98. The summed E-state index contributed by atoms with van der Waals surface area (Å²) in [5.41, 5.74) is 5.47. The van der Waals surface area contributed by atoms with Gasteiger partial charge in [0.25, 0.3) is 0 Å². The molecule has 3 N–H and O–H groups in total. The summed E-state index contributed by atoms with van der Waals surface area (Å²) in [7, 11) is 0. The Hall–Kier alpha value is -0.610. The predicted octanol–water partition coefficient (Wildman–Crippen LogP) is 0.962. The highest BCUT2D eigenvalue weighted by molar-refractivity contribution is 5.85. The number of carbonyl (C=O) groups excluding carboxylic acids is 1. The van der Waals surface area contributed by atoms with Crippen LogP contribution in [0.2, 0.25) is 0 Å². The highest BCUT2D eigenvalue weighted by atomic mass is 16.2. The summed E-state index contributed by atoms with van der Waals surface area (Å²) in [6.45, 7) is 8.12. The smallest absolute Gasteiger partial charge is 0.227 e. The van der Waals surface area contributed by atoms with E-state index in [0.29, 0.717) is 18.5 Å². The molecule has 1 atom stereocenters. The maximum absolute atomic E-state index is 12.1. The summed E-state index contributed by atoms with van der Waals surface area (Å²) in [5, 5.41) is 3.13. The summed E-state index contributed by atoms with van der Waals surface area (Å²) >= 11 is 0. The Morgan fingerprint density at radius 1 is 1.33 bits per heavy atom. The molecular formula is C14H27N3O. The zero-order valence-corrected chi connectivity index (χ0v) is 11.7. The van der Waals surface area contributed by atoms with Gasteiger partial charge in [0.1, 0.15) is 0 Å². The van der Waals surface area contributed by atoms with Crippen LogP contribution in [-0.2, 0) is 4.79 Å². The molecule has 18 heavy (non-hydrogen) atoms. The number of amides is 1. The number of nitrogens with one attached hydrogen (secondary N) is 1. The van der Waals surface area contributed by atoms with Crippen molar-refractivity contribution in [1.82, 2.24) is 10.2 Å². The Balaban J connectivity index is 1.84. The number of hydrogen-bond donors (Lipinski definition) is 2. The SMILES string of the molecule is CC(C)C(CNC(=O)C1(CN)CC1)N1CCCC1. The molecule has 2 fully saturated rings. The molecule has 0 bridgehead atoms. The number of nitrogens with zero attached hydrogens (tertiary/aromatic N) is 1. The second kappa shape index (κ2) is 5.57. The van der Waals surface area contributed by atoms with Gasteiger partial charge in [-0.15, -0.1) is 0 Å². The van der Waals surface area contributed by atoms with Crippen molar-refractivity contribution in [2.45, 2.75) is 45.6 Å². The van der Waals surface area contributed by atoms with E-state index in [-0.39, 0.29) is 11.3 Å². The normalized spacial score (nSPS) is 24.2. The summed E-state index contributed by atoms with van der Waals surface area (Å²) in [6, 6.07) is 0.477. The van der Waals surface area contributed by atoms with Gasteiger partial charge < -0.3 is 11.1 Å². The van der Waals surface area contributed by atoms with E-state index in [1.165, 1.54) is 25.9 Å². The van der Waals surface area contributed by atoms with Crippen LogP contribution in [0.4, 0.5) is 0 Å². The van der Waals surface area contributed by atoms with Gasteiger partial charge in [-0.25, -0.2) is 0 Å². The summed E-state index contributed by atoms with van der Waals surface area (Å²) in [5.74, 6) is 0.756. The monoisotopic (exact) mass is 253 g/mol. The number of rotatable bonds is 6. The molecule has 2 aliphatic rings. The minimum absolute atomic E-state index is 0.176. The lowest BCUT2D eigenvalue weighted by molar-refractivity contribution is -0.126. The fourth-order valence-electron chi connectivity index (χ4n) is 2.92. The first-order chi connectivity index (χ1) is 8.59. The molecule has 0 aromatic heterocycles. The summed E-state index contributed by atoms with van der Waals surface area (Å²) in [4.78, 5) is 14.6. The minimum atomic E-state index is -0.216. The molecule has 0 aromatic carbocycles. The number of hydrogen-bond acceptors (Lipinski definition) is 3. The van der Waals surface area contributed by atoms with Crippen molar-refractivity contribution >= 4 is 5.91 Å². The molecule has 0 spiro atoms. The van der Waals surface area contributed by atoms with Crippen molar-refractivity contribution in [2.24, 2.45) is 17.1 Å². The van der Waals surface area contributed by atoms with Crippen LogP contribution in [0.15, 0.2) is 0 Å². The molecule has 1 saturated carbocycles. The second-order valence-electron chi connectivity index (χ2n) is 6.25. The Labute approximate surface area is 110 Å². The van der Waals surface area contributed by atoms with Crippen LogP contribution < -0.4 is 11.1 Å². The first-order valence-electron chi connectivity index (χ1n) is 7.31. The third-order valence-electron chi connectivity index (χ3n) is 4.58. The first-order valence-corrected chi connectivity index (χ1v) is 7.31. The van der Waals surface area contributed by atoms with Crippen LogP contribution in [0, 0.1) is 11.3 Å². The zero-order valence-electron chi connectivity index (χ0n) is 11.7. The quantitative estimate of drug-likeness (QED) is 0.741. The fourth-order valence-corrected chi connectivity index (χ4v) is 2.92. The van der Waals surface area contributed by atoms with Gasteiger partial charge in [0.15, 0.2) is 0 Å². The number of likely N-dealkylation sites (tertiary alicyclic amines) is 1. The van der Waals surface area contributed by atoms with Crippen LogP contribution in [0.1, 0.15) is 39.5 Å². The van der Waals surface area contributed by atoms with Crippen LogP contribution in [0.3, 0.4) is 0 Å². The summed E-state index contributed by atoms with van der Waals surface area (Å²) < 4.78 is 0. The molecule has 1 unspecified atom stereocenters. The molecule has 1 saturated heterocycles. The van der Waals surface area contributed by atoms with Gasteiger partial charge in [-0.3, -0.25) is 9.69 Å². The molecule has 2 rings (SSSR count). The molecule has 1 amide bonds. The van der Waals surface area contributed by atoms with Crippen LogP contribution in [0.25, 0.3) is 0 Å². The van der Waals surface area contributed by atoms with E-state index in [2.05, 4.69) is 24.1 Å². The standard InChI is InChI=1S/C14H27N3O/c1-11(2)12(17-7-3-4-8-17)9-16-13(18)14(10-15)5-6-14/h11-12H,3-10,15H2,1-2H3,(H,16,18). The zero-order chi connectivity index (χ0) is 13.2. The van der Waals surface area contributed by atoms with Gasteiger partial charge >= 0.3 is 0 Å². The lowest BCUT2D eigenvalue weighted by atomic mass is 10.0. The Kier molecular flexibility index (Phi) is 4.28. The molecule has 0 aromatic rings. The predicted molar refractivity (Wildman–Crippen MR) is 73.2 cm³/mol. The van der Waals surface area contributed by atoms with Crippen molar-refractivity contribution in [3.05, 3.63) is 0 Å². The minimum Gasteiger partial charge on any atom is -0.354 e. The molecule has 0 radical (unpaired) electrons. The molecular weight excluding hydrogens is 226 g/mol. The maximum Gasteiger partial charge on any atom is 0.227 e. The van der Waals surface area contributed by atoms with E-state index in [4.69, 9.17) is 5.73 Å². The van der Waals surface area contributed by atoms with Crippen LogP contribution in [-0.4, -0.2) is 43.0 Å². The van der Waals surface area contributed by atoms with E-state index < -0.39 is 0 Å². The largest absolute Gasteiger partial charge is 0.354 e. The third kappa shape index (κ3) is 2.86. The van der Waals surface area contributed by atoms with Crippen molar-refractivity contribution in [2.75, 3.05) is 26.2 Å². The van der Waals surface area contributed by atoms with Gasteiger partial charge in [-0.1, -0.05) is 13.8 Å². The Morgan fingerprint density at radius 2 is 1.94 bits per heavy atom. The summed E-state index contributed by atoms with van der Waals surface area (Å²) in [6.07, 6.45) is 4.52. The number of nitrogens with two attached hydrogens (primary N) is 1. The molecule has 4 heteroatoms. The van der Waals surface area contributed by atoms with Crippen LogP contribution in [0.5, 0.6) is 0 Å². The molecule has 1 aliphatic heterocycles. The topological polar surface area (TPSA) is 58.4 Å². The van der Waals surface area contributed by atoms with Gasteiger partial charge in [0.05, 0.1) is 5.41 Å². The van der Waals surface area contributed by atoms with Crippen LogP contribution >= 0.6 is 0 Å². The maximum atomic E-state index is 12.1. The fraction of sp³-hybridized carbons (Fsp3) is 0.929. The van der Waals surface area contributed by atoms with E-state index >= 15 is 0 Å². The first kappa shape index (κ1) is 13.8. The van der Waals surface area contributed by atoms with E-state index in [9.17, 15) is 4.79 Å². The van der Waals surface area contributed by atoms with Gasteiger partial charge in [0, 0.05) is 19.1 Å². The van der Waals surface area contributed by atoms with E-state index in [0.717, 1.165) is 19.4 Å². The highest BCUT2D eigenvalue weighted by Crippen LogP contribution is 2.44. The Bertz CT molecular complexity index is 293. The van der Waals surface area contributed by atoms with E-state index in [1.807, 2.05) is 0 Å². The second-order valence-corrected chi connectivity index (χ2v) is 6.25. The lowest BCUT2D eigenvalue weighted by Crippen LogP contribution is -2.48. The molecule has 4 nitrogen and oxygen atoms in total. The number of carbonyl (C=O) groups is 1. The average molecular weight is 253 g/mol. The van der Waals surface area contributed by atoms with Crippen molar-refractivity contribution in [3.63, 3.8) is 0 Å². The molecule has 1 heterocycles. The third-order valence-corrected chi connectivity index (χ3v) is 4.58. The van der Waals surface area contributed by atoms with Crippen molar-refractivity contribution in [3.8, 4) is 0 Å². The van der Waals surface area contributed by atoms with Gasteiger partial charge in [-0.2, -0.15) is 0 Å². The Morgan fingerprint density at radius 3 is 2.39 bits per heavy atom. The van der Waals surface area contributed by atoms with Crippen molar-refractivity contribution < 1.29 is 4.79 Å². The molecule has 1 aliphatic carbocycles. The van der Waals surface area contributed by atoms with Gasteiger partial charge in [0.2, 0.25) is 5.91 Å². The van der Waals surface area contributed by atoms with Crippen molar-refractivity contribution in [1.29, 1.82) is 0 Å². The van der Waals surface area contributed by atoms with Gasteiger partial charge in [-0.05, 0) is 44.7 Å².